The number of aliphatic hydroxyl groups is 1. The Morgan fingerprint density at radius 1 is 1.41 bits per heavy atom. The Bertz CT molecular complexity index is 396. The molecule has 1 rings (SSSR count). The lowest BCUT2D eigenvalue weighted by atomic mass is 10.1. The summed E-state index contributed by atoms with van der Waals surface area (Å²) in [6.45, 7) is 0.330. The van der Waals surface area contributed by atoms with Gasteiger partial charge in [0.2, 0.25) is 5.91 Å². The van der Waals surface area contributed by atoms with Crippen molar-refractivity contribution in [2.45, 2.75) is 12.8 Å². The molecule has 0 fully saturated rings. The van der Waals surface area contributed by atoms with Crippen LogP contribution in [0.15, 0.2) is 18.2 Å². The van der Waals surface area contributed by atoms with Crippen LogP contribution in [0.1, 0.15) is 12.0 Å². The topological polar surface area (TPSA) is 40.5 Å². The standard InChI is InChI=1S/C12H15Cl2NO2/c1-15(6-7-16)12(17)5-3-9-2-4-10(13)8-11(9)14/h2,4,8,16H,3,5-7H2,1H3. The van der Waals surface area contributed by atoms with E-state index in [1.807, 2.05) is 6.07 Å². The van der Waals surface area contributed by atoms with Gasteiger partial charge in [-0.25, -0.2) is 0 Å². The number of benzene rings is 1. The van der Waals surface area contributed by atoms with Gasteiger partial charge >= 0.3 is 0 Å². The van der Waals surface area contributed by atoms with Crippen LogP contribution >= 0.6 is 23.2 Å². The first-order chi connectivity index (χ1) is 8.04. The number of aliphatic hydroxyl groups excluding tert-OH is 1. The molecule has 0 aromatic heterocycles. The summed E-state index contributed by atoms with van der Waals surface area (Å²) in [6.07, 6.45) is 0.947. The number of aryl methyl sites for hydroxylation is 1. The van der Waals surface area contributed by atoms with Gasteiger partial charge in [-0.2, -0.15) is 0 Å². The van der Waals surface area contributed by atoms with Crippen molar-refractivity contribution in [3.05, 3.63) is 33.8 Å². The molecule has 0 bridgehead atoms. The Kier molecular flexibility index (Phi) is 5.75. The largest absolute Gasteiger partial charge is 0.395 e. The fraction of sp³-hybridized carbons (Fsp3) is 0.417. The van der Waals surface area contributed by atoms with Crippen LogP contribution in [-0.2, 0) is 11.2 Å². The summed E-state index contributed by atoms with van der Waals surface area (Å²) in [4.78, 5) is 13.1. The Morgan fingerprint density at radius 3 is 2.71 bits per heavy atom. The molecule has 0 heterocycles. The molecule has 5 heteroatoms. The average Bonchev–Trinajstić information content (AvgIpc) is 2.27. The summed E-state index contributed by atoms with van der Waals surface area (Å²) in [7, 11) is 1.67. The van der Waals surface area contributed by atoms with E-state index in [1.54, 1.807) is 19.2 Å². The van der Waals surface area contributed by atoms with Gasteiger partial charge in [-0.3, -0.25) is 4.79 Å². The fourth-order valence-electron chi connectivity index (χ4n) is 1.43. The molecular formula is C12H15Cl2NO2. The first kappa shape index (κ1) is 14.3. The number of carbonyl (C=O) groups is 1. The van der Waals surface area contributed by atoms with Crippen molar-refractivity contribution < 1.29 is 9.90 Å². The zero-order chi connectivity index (χ0) is 12.8. The van der Waals surface area contributed by atoms with Crippen molar-refractivity contribution in [1.29, 1.82) is 0 Å². The van der Waals surface area contributed by atoms with E-state index < -0.39 is 0 Å². The highest BCUT2D eigenvalue weighted by molar-refractivity contribution is 6.35. The van der Waals surface area contributed by atoms with Crippen molar-refractivity contribution in [1.82, 2.24) is 4.90 Å². The van der Waals surface area contributed by atoms with Gasteiger partial charge in [0.15, 0.2) is 0 Å². The second-order valence-corrected chi connectivity index (χ2v) is 4.62. The van der Waals surface area contributed by atoms with E-state index in [0.29, 0.717) is 29.4 Å². The predicted octanol–water partition coefficient (Wildman–Crippen LogP) is 2.38. The van der Waals surface area contributed by atoms with Gasteiger partial charge in [-0.15, -0.1) is 0 Å². The third-order valence-corrected chi connectivity index (χ3v) is 3.07. The summed E-state index contributed by atoms with van der Waals surface area (Å²) in [5.74, 6) is -0.00920. The highest BCUT2D eigenvalue weighted by Crippen LogP contribution is 2.22. The van der Waals surface area contributed by atoms with Gasteiger partial charge in [-0.1, -0.05) is 29.3 Å². The molecule has 17 heavy (non-hydrogen) atoms. The predicted molar refractivity (Wildman–Crippen MR) is 69.5 cm³/mol. The molecule has 1 amide bonds. The second kappa shape index (κ2) is 6.84. The number of hydrogen-bond acceptors (Lipinski definition) is 2. The van der Waals surface area contributed by atoms with E-state index in [2.05, 4.69) is 0 Å². The lowest BCUT2D eigenvalue weighted by molar-refractivity contribution is -0.130. The van der Waals surface area contributed by atoms with Gasteiger partial charge in [0.05, 0.1) is 6.61 Å². The zero-order valence-electron chi connectivity index (χ0n) is 9.62. The minimum Gasteiger partial charge on any atom is -0.395 e. The number of rotatable bonds is 5. The van der Waals surface area contributed by atoms with Crippen LogP contribution in [0.5, 0.6) is 0 Å². The number of likely N-dealkylation sites (N-methyl/N-ethyl adjacent to an activating group) is 1. The molecule has 1 aromatic rings. The Hall–Kier alpha value is -0.770. The van der Waals surface area contributed by atoms with E-state index in [1.165, 1.54) is 4.90 Å². The second-order valence-electron chi connectivity index (χ2n) is 3.77. The van der Waals surface area contributed by atoms with Crippen LogP contribution in [0.3, 0.4) is 0 Å². The normalized spacial score (nSPS) is 10.4. The van der Waals surface area contributed by atoms with Crippen molar-refractivity contribution >= 4 is 29.1 Å². The maximum absolute atomic E-state index is 11.6. The lowest BCUT2D eigenvalue weighted by Crippen LogP contribution is -2.29. The van der Waals surface area contributed by atoms with Crippen molar-refractivity contribution in [3.63, 3.8) is 0 Å². The minimum absolute atomic E-state index is 0.00920. The number of nitrogens with zero attached hydrogens (tertiary/aromatic N) is 1. The number of hydrogen-bond donors (Lipinski definition) is 1. The van der Waals surface area contributed by atoms with Crippen molar-refractivity contribution in [2.75, 3.05) is 20.2 Å². The van der Waals surface area contributed by atoms with Crippen LogP contribution < -0.4 is 0 Å². The summed E-state index contributed by atoms with van der Waals surface area (Å²) in [5, 5.41) is 9.88. The third kappa shape index (κ3) is 4.54. The van der Waals surface area contributed by atoms with Crippen LogP contribution in [0, 0.1) is 0 Å². The molecule has 0 saturated heterocycles. The lowest BCUT2D eigenvalue weighted by Gasteiger charge is -2.15. The minimum atomic E-state index is -0.0239. The third-order valence-electron chi connectivity index (χ3n) is 2.48. The molecule has 0 aliphatic heterocycles. The molecule has 0 aliphatic rings. The van der Waals surface area contributed by atoms with Gasteiger partial charge in [-0.05, 0) is 24.1 Å². The average molecular weight is 276 g/mol. The fourth-order valence-corrected chi connectivity index (χ4v) is 1.93. The Morgan fingerprint density at radius 2 is 2.12 bits per heavy atom. The molecule has 0 atom stereocenters. The first-order valence-corrected chi connectivity index (χ1v) is 6.09. The molecule has 1 N–H and O–H groups in total. The first-order valence-electron chi connectivity index (χ1n) is 5.33. The van der Waals surface area contributed by atoms with Gasteiger partial charge in [0.1, 0.15) is 0 Å². The van der Waals surface area contributed by atoms with Crippen molar-refractivity contribution in [2.24, 2.45) is 0 Å². The zero-order valence-corrected chi connectivity index (χ0v) is 11.1. The highest BCUT2D eigenvalue weighted by Gasteiger charge is 2.09. The quantitative estimate of drug-likeness (QED) is 0.897. The Balaban J connectivity index is 2.53. The van der Waals surface area contributed by atoms with Crippen molar-refractivity contribution in [3.8, 4) is 0 Å². The number of carbonyl (C=O) groups excluding carboxylic acids is 1. The van der Waals surface area contributed by atoms with Crippen LogP contribution in [0.4, 0.5) is 0 Å². The highest BCUT2D eigenvalue weighted by atomic mass is 35.5. The molecule has 0 saturated carbocycles. The molecule has 0 spiro atoms. The van der Waals surface area contributed by atoms with Crippen LogP contribution in [0.25, 0.3) is 0 Å². The molecule has 94 valence electrons. The maximum Gasteiger partial charge on any atom is 0.222 e. The summed E-state index contributed by atoms with van der Waals surface area (Å²) >= 11 is 11.8. The molecule has 3 nitrogen and oxygen atoms in total. The SMILES string of the molecule is CN(CCO)C(=O)CCc1ccc(Cl)cc1Cl. The molecule has 0 aliphatic carbocycles. The van der Waals surface area contributed by atoms with E-state index in [0.717, 1.165) is 5.56 Å². The number of amides is 1. The smallest absolute Gasteiger partial charge is 0.222 e. The monoisotopic (exact) mass is 275 g/mol. The van der Waals surface area contributed by atoms with Gasteiger partial charge in [0.25, 0.3) is 0 Å². The summed E-state index contributed by atoms with van der Waals surface area (Å²) in [6, 6.07) is 5.25. The Labute approximate surface area is 111 Å². The number of halogens is 2. The molecule has 1 aromatic carbocycles. The van der Waals surface area contributed by atoms with Crippen LogP contribution in [0.2, 0.25) is 10.0 Å². The molecule has 0 radical (unpaired) electrons. The maximum atomic E-state index is 11.6. The van der Waals surface area contributed by atoms with E-state index in [4.69, 9.17) is 28.3 Å². The molecule has 0 unspecified atom stereocenters. The molecular weight excluding hydrogens is 261 g/mol. The van der Waals surface area contributed by atoms with Gasteiger partial charge < -0.3 is 10.0 Å². The van der Waals surface area contributed by atoms with Gasteiger partial charge in [0, 0.05) is 30.1 Å². The summed E-state index contributed by atoms with van der Waals surface area (Å²) < 4.78 is 0. The van der Waals surface area contributed by atoms with Crippen LogP contribution in [-0.4, -0.2) is 36.1 Å². The van der Waals surface area contributed by atoms with E-state index in [-0.39, 0.29) is 12.5 Å². The van der Waals surface area contributed by atoms with E-state index in [9.17, 15) is 4.79 Å². The van der Waals surface area contributed by atoms with E-state index >= 15 is 0 Å². The summed E-state index contributed by atoms with van der Waals surface area (Å²) in [5.41, 5.74) is 0.904.